The van der Waals surface area contributed by atoms with Crippen LogP contribution >= 0.6 is 0 Å². The number of esters is 1. The number of ketones is 1. The van der Waals surface area contributed by atoms with Crippen molar-refractivity contribution in [3.05, 3.63) is 35.9 Å². The Morgan fingerprint density at radius 3 is 2.33 bits per heavy atom. The third kappa shape index (κ3) is 6.12. The fraction of sp³-hybridized carbons (Fsp3) is 0.500. The van der Waals surface area contributed by atoms with Crippen LogP contribution in [-0.2, 0) is 14.3 Å². The summed E-state index contributed by atoms with van der Waals surface area (Å²) in [7, 11) is 1.29. The fourth-order valence-corrected chi connectivity index (χ4v) is 2.41. The molecule has 1 unspecified atom stereocenters. The smallest absolute Gasteiger partial charge is 0.307 e. The summed E-state index contributed by atoms with van der Waals surface area (Å²) in [6.45, 7) is 1.84. The average molecular weight is 335 g/mol. The lowest BCUT2D eigenvalue weighted by molar-refractivity contribution is -0.142. The zero-order valence-corrected chi connectivity index (χ0v) is 14.2. The Labute approximate surface area is 142 Å². The lowest BCUT2D eigenvalue weighted by atomic mass is 10.1. The minimum absolute atomic E-state index is 0.0470. The number of hydrogen-bond acceptors (Lipinski definition) is 5. The Balaban J connectivity index is 2.66. The van der Waals surface area contributed by atoms with Crippen molar-refractivity contribution in [2.24, 2.45) is 0 Å². The summed E-state index contributed by atoms with van der Waals surface area (Å²) in [5.41, 5.74) is 0.570. The molecule has 1 atom stereocenters. The second-order valence-electron chi connectivity index (χ2n) is 5.45. The quantitative estimate of drug-likeness (QED) is 0.521. The highest BCUT2D eigenvalue weighted by atomic mass is 16.5. The van der Waals surface area contributed by atoms with Crippen molar-refractivity contribution in [3.63, 3.8) is 0 Å². The molecule has 0 aromatic heterocycles. The minimum atomic E-state index is -0.416. The van der Waals surface area contributed by atoms with Crippen LogP contribution in [0.4, 0.5) is 0 Å². The molecule has 0 aliphatic rings. The Morgan fingerprint density at radius 1 is 1.12 bits per heavy atom. The van der Waals surface area contributed by atoms with Gasteiger partial charge in [-0.2, -0.15) is 0 Å². The summed E-state index contributed by atoms with van der Waals surface area (Å²) >= 11 is 0. The van der Waals surface area contributed by atoms with Gasteiger partial charge in [0, 0.05) is 24.9 Å². The van der Waals surface area contributed by atoms with E-state index < -0.39 is 5.97 Å². The summed E-state index contributed by atoms with van der Waals surface area (Å²) in [6, 6.07) is 8.43. The zero-order valence-electron chi connectivity index (χ0n) is 14.2. The molecule has 6 nitrogen and oxygen atoms in total. The molecule has 0 saturated carbocycles. The van der Waals surface area contributed by atoms with Crippen molar-refractivity contribution in [2.75, 3.05) is 20.3 Å². The van der Waals surface area contributed by atoms with Gasteiger partial charge in [0.2, 0.25) is 5.91 Å². The summed E-state index contributed by atoms with van der Waals surface area (Å²) < 4.78 is 4.59. The molecule has 132 valence electrons. The molecule has 1 aromatic carbocycles. The molecule has 0 radical (unpaired) electrons. The van der Waals surface area contributed by atoms with Crippen LogP contribution in [-0.4, -0.2) is 54.0 Å². The van der Waals surface area contributed by atoms with Crippen molar-refractivity contribution >= 4 is 17.7 Å². The second kappa shape index (κ2) is 10.5. The van der Waals surface area contributed by atoms with Crippen LogP contribution in [0.3, 0.4) is 0 Å². The van der Waals surface area contributed by atoms with Crippen molar-refractivity contribution < 1.29 is 24.2 Å². The molecule has 1 N–H and O–H groups in total. The third-order valence-electron chi connectivity index (χ3n) is 3.89. The van der Waals surface area contributed by atoms with Gasteiger partial charge in [0.25, 0.3) is 0 Å². The second-order valence-corrected chi connectivity index (χ2v) is 5.45. The standard InChI is InChI=1S/C18H25NO5/c1-3-15(13-20)19(12-11-18(23)24-2)17(22)10-9-16(21)14-7-5-4-6-8-14/h4-8,15,20H,3,9-13H2,1-2H3. The summed E-state index contributed by atoms with van der Waals surface area (Å²) in [5, 5.41) is 9.45. The number of aliphatic hydroxyl groups excluding tert-OH is 1. The Bertz CT molecular complexity index is 540. The predicted molar refractivity (Wildman–Crippen MR) is 89.5 cm³/mol. The predicted octanol–water partition coefficient (Wildman–Crippen LogP) is 1.81. The molecular formula is C18H25NO5. The molecule has 0 fully saturated rings. The van der Waals surface area contributed by atoms with Crippen LogP contribution in [0.1, 0.15) is 43.0 Å². The molecule has 0 spiro atoms. The Hall–Kier alpha value is -2.21. The topological polar surface area (TPSA) is 83.9 Å². The number of hydrogen-bond donors (Lipinski definition) is 1. The van der Waals surface area contributed by atoms with Crippen molar-refractivity contribution in [1.82, 2.24) is 4.90 Å². The van der Waals surface area contributed by atoms with Gasteiger partial charge in [0.05, 0.1) is 26.2 Å². The molecule has 24 heavy (non-hydrogen) atoms. The molecular weight excluding hydrogens is 310 g/mol. The van der Waals surface area contributed by atoms with E-state index in [0.717, 1.165) is 0 Å². The normalized spacial score (nSPS) is 11.6. The highest BCUT2D eigenvalue weighted by molar-refractivity contribution is 5.97. The van der Waals surface area contributed by atoms with E-state index in [2.05, 4.69) is 4.74 Å². The Kier molecular flexibility index (Phi) is 8.71. The van der Waals surface area contributed by atoms with Crippen molar-refractivity contribution in [1.29, 1.82) is 0 Å². The number of nitrogens with zero attached hydrogens (tertiary/aromatic N) is 1. The molecule has 1 aromatic rings. The number of carbonyl (C=O) groups excluding carboxylic acids is 3. The van der Waals surface area contributed by atoms with Gasteiger partial charge in [-0.1, -0.05) is 37.3 Å². The first kappa shape index (κ1) is 19.8. The van der Waals surface area contributed by atoms with Gasteiger partial charge >= 0.3 is 5.97 Å². The molecule has 0 saturated heterocycles. The van der Waals surface area contributed by atoms with Gasteiger partial charge in [-0.05, 0) is 6.42 Å². The van der Waals surface area contributed by atoms with Crippen LogP contribution in [0.5, 0.6) is 0 Å². The number of amides is 1. The van der Waals surface area contributed by atoms with Crippen LogP contribution < -0.4 is 0 Å². The van der Waals surface area contributed by atoms with Gasteiger partial charge in [-0.25, -0.2) is 0 Å². The lowest BCUT2D eigenvalue weighted by Gasteiger charge is -2.29. The lowest BCUT2D eigenvalue weighted by Crippen LogP contribution is -2.43. The Morgan fingerprint density at radius 2 is 1.79 bits per heavy atom. The summed E-state index contributed by atoms with van der Waals surface area (Å²) in [5.74, 6) is -0.765. The number of carbonyl (C=O) groups is 3. The van der Waals surface area contributed by atoms with E-state index in [4.69, 9.17) is 0 Å². The summed E-state index contributed by atoms with van der Waals surface area (Å²) in [4.78, 5) is 37.3. The molecule has 1 amide bonds. The van der Waals surface area contributed by atoms with E-state index in [-0.39, 0.29) is 50.1 Å². The highest BCUT2D eigenvalue weighted by Crippen LogP contribution is 2.11. The van der Waals surface area contributed by atoms with Crippen LogP contribution in [0.2, 0.25) is 0 Å². The van der Waals surface area contributed by atoms with E-state index in [1.807, 2.05) is 13.0 Å². The van der Waals surface area contributed by atoms with Gasteiger partial charge in [0.15, 0.2) is 5.78 Å². The molecule has 6 heteroatoms. The first-order chi connectivity index (χ1) is 11.5. The monoisotopic (exact) mass is 335 g/mol. The number of rotatable bonds is 10. The maximum atomic E-state index is 12.4. The van der Waals surface area contributed by atoms with Crippen LogP contribution in [0, 0.1) is 0 Å². The van der Waals surface area contributed by atoms with Crippen molar-refractivity contribution in [2.45, 2.75) is 38.6 Å². The fourth-order valence-electron chi connectivity index (χ4n) is 2.41. The van der Waals surface area contributed by atoms with Gasteiger partial charge in [-0.3, -0.25) is 14.4 Å². The first-order valence-corrected chi connectivity index (χ1v) is 8.08. The average Bonchev–Trinajstić information content (AvgIpc) is 2.63. The number of benzene rings is 1. The molecule has 0 heterocycles. The maximum absolute atomic E-state index is 12.4. The van der Waals surface area contributed by atoms with Crippen LogP contribution in [0.15, 0.2) is 30.3 Å². The molecule has 0 aliphatic carbocycles. The highest BCUT2D eigenvalue weighted by Gasteiger charge is 2.23. The molecule has 0 bridgehead atoms. The number of Topliss-reactive ketones (excluding diaryl/α,β-unsaturated/α-hetero) is 1. The molecule has 1 rings (SSSR count). The van der Waals surface area contributed by atoms with Gasteiger partial charge in [-0.15, -0.1) is 0 Å². The van der Waals surface area contributed by atoms with E-state index in [1.54, 1.807) is 24.3 Å². The molecule has 0 aliphatic heterocycles. The number of ether oxygens (including phenoxy) is 1. The van der Waals surface area contributed by atoms with E-state index >= 15 is 0 Å². The number of aliphatic hydroxyl groups is 1. The van der Waals surface area contributed by atoms with E-state index in [0.29, 0.717) is 12.0 Å². The number of methoxy groups -OCH3 is 1. The third-order valence-corrected chi connectivity index (χ3v) is 3.89. The first-order valence-electron chi connectivity index (χ1n) is 8.08. The van der Waals surface area contributed by atoms with Gasteiger partial charge in [0.1, 0.15) is 0 Å². The zero-order chi connectivity index (χ0) is 17.9. The largest absolute Gasteiger partial charge is 0.469 e. The SMILES string of the molecule is CCC(CO)N(CCC(=O)OC)C(=O)CCC(=O)c1ccccc1. The minimum Gasteiger partial charge on any atom is -0.469 e. The van der Waals surface area contributed by atoms with Gasteiger partial charge < -0.3 is 14.7 Å². The maximum Gasteiger partial charge on any atom is 0.307 e. The van der Waals surface area contributed by atoms with E-state index in [9.17, 15) is 19.5 Å². The van der Waals surface area contributed by atoms with Crippen LogP contribution in [0.25, 0.3) is 0 Å². The van der Waals surface area contributed by atoms with Crippen molar-refractivity contribution in [3.8, 4) is 0 Å². The summed E-state index contributed by atoms with van der Waals surface area (Å²) in [6.07, 6.45) is 0.770. The van der Waals surface area contributed by atoms with E-state index in [1.165, 1.54) is 12.0 Å².